The first-order valence-electron chi connectivity index (χ1n) is 11.1. The Bertz CT molecular complexity index is 1080. The number of ether oxygens (including phenoxy) is 1. The molecule has 32 heavy (non-hydrogen) atoms. The maximum Gasteiger partial charge on any atom is 0.240 e. The van der Waals surface area contributed by atoms with E-state index in [1.807, 2.05) is 31.2 Å². The van der Waals surface area contributed by atoms with Gasteiger partial charge in [0.15, 0.2) is 0 Å². The first kappa shape index (κ1) is 22.8. The Morgan fingerprint density at radius 3 is 2.47 bits per heavy atom. The van der Waals surface area contributed by atoms with Crippen LogP contribution in [0.2, 0.25) is 0 Å². The quantitative estimate of drug-likeness (QED) is 0.691. The molecule has 2 aliphatic heterocycles. The monoisotopic (exact) mass is 457 g/mol. The highest BCUT2D eigenvalue weighted by Gasteiger charge is 2.31. The number of rotatable bonds is 7. The normalized spacial score (nSPS) is 19.7. The zero-order valence-corrected chi connectivity index (χ0v) is 19.7. The predicted molar refractivity (Wildman–Crippen MR) is 124 cm³/mol. The highest BCUT2D eigenvalue weighted by Crippen LogP contribution is 2.34. The second-order valence-corrected chi connectivity index (χ2v) is 10.4. The molecule has 2 heterocycles. The minimum atomic E-state index is -3.69. The van der Waals surface area contributed by atoms with E-state index in [0.717, 1.165) is 48.5 Å². The highest BCUT2D eigenvalue weighted by molar-refractivity contribution is 7.89. The maximum absolute atomic E-state index is 13.1. The molecule has 0 aromatic heterocycles. The van der Waals surface area contributed by atoms with E-state index in [1.165, 1.54) is 6.92 Å². The largest absolute Gasteiger partial charge is 0.497 e. The third-order valence-electron chi connectivity index (χ3n) is 6.46. The molecule has 0 aliphatic carbocycles. The van der Waals surface area contributed by atoms with Crippen molar-refractivity contribution in [3.05, 3.63) is 53.6 Å². The second-order valence-electron chi connectivity index (χ2n) is 8.62. The summed E-state index contributed by atoms with van der Waals surface area (Å²) in [7, 11) is -2.05. The van der Waals surface area contributed by atoms with Gasteiger partial charge in [-0.25, -0.2) is 13.1 Å². The van der Waals surface area contributed by atoms with Gasteiger partial charge in [-0.15, -0.1) is 0 Å². The van der Waals surface area contributed by atoms with Crippen molar-refractivity contribution < 1.29 is 17.9 Å². The van der Waals surface area contributed by atoms with Crippen LogP contribution in [0.3, 0.4) is 0 Å². The molecule has 8 heteroatoms. The molecule has 0 radical (unpaired) electrons. The molecule has 2 unspecified atom stereocenters. The Kier molecular flexibility index (Phi) is 6.55. The van der Waals surface area contributed by atoms with E-state index in [1.54, 1.807) is 30.2 Å². The number of carbonyl (C=O) groups excluding carboxylic acids is 1. The minimum absolute atomic E-state index is 0.0297. The van der Waals surface area contributed by atoms with Crippen molar-refractivity contribution in [2.75, 3.05) is 31.6 Å². The smallest absolute Gasteiger partial charge is 0.240 e. The summed E-state index contributed by atoms with van der Waals surface area (Å²) in [4.78, 5) is 16.3. The van der Waals surface area contributed by atoms with E-state index in [4.69, 9.17) is 4.74 Å². The Morgan fingerprint density at radius 1 is 1.16 bits per heavy atom. The van der Waals surface area contributed by atoms with Gasteiger partial charge in [0.25, 0.3) is 0 Å². The highest BCUT2D eigenvalue weighted by atomic mass is 32.2. The molecule has 2 aromatic carbocycles. The van der Waals surface area contributed by atoms with Crippen LogP contribution in [-0.2, 0) is 21.2 Å². The summed E-state index contributed by atoms with van der Waals surface area (Å²) < 4.78 is 34.4. The Labute approximate surface area is 190 Å². The zero-order valence-electron chi connectivity index (χ0n) is 18.9. The van der Waals surface area contributed by atoms with Crippen LogP contribution in [-0.4, -0.2) is 52.0 Å². The van der Waals surface area contributed by atoms with Gasteiger partial charge in [0.05, 0.1) is 12.0 Å². The first-order chi connectivity index (χ1) is 15.3. The number of likely N-dealkylation sites (tertiary alicyclic amines) is 1. The van der Waals surface area contributed by atoms with Crippen LogP contribution in [0.5, 0.6) is 5.75 Å². The molecule has 1 amide bonds. The van der Waals surface area contributed by atoms with E-state index in [-0.39, 0.29) is 22.9 Å². The molecule has 172 valence electrons. The van der Waals surface area contributed by atoms with E-state index < -0.39 is 10.0 Å². The second kappa shape index (κ2) is 9.21. The number of anilines is 1. The molecule has 2 aliphatic rings. The van der Waals surface area contributed by atoms with Gasteiger partial charge in [-0.05, 0) is 80.7 Å². The number of nitrogens with one attached hydrogen (secondary N) is 1. The van der Waals surface area contributed by atoms with Crippen LogP contribution >= 0.6 is 0 Å². The van der Waals surface area contributed by atoms with Crippen LogP contribution in [0, 0.1) is 0 Å². The van der Waals surface area contributed by atoms with Gasteiger partial charge in [-0.1, -0.05) is 12.1 Å². The lowest BCUT2D eigenvalue weighted by Gasteiger charge is -2.28. The number of amides is 1. The third-order valence-corrected chi connectivity index (χ3v) is 7.89. The third kappa shape index (κ3) is 4.53. The minimum Gasteiger partial charge on any atom is -0.497 e. The summed E-state index contributed by atoms with van der Waals surface area (Å²) in [6, 6.07) is 12.9. The number of hydrogen-bond acceptors (Lipinski definition) is 5. The Morgan fingerprint density at radius 2 is 1.84 bits per heavy atom. The van der Waals surface area contributed by atoms with Crippen molar-refractivity contribution in [3.63, 3.8) is 0 Å². The van der Waals surface area contributed by atoms with Gasteiger partial charge in [-0.3, -0.25) is 9.69 Å². The van der Waals surface area contributed by atoms with Gasteiger partial charge < -0.3 is 9.64 Å². The van der Waals surface area contributed by atoms with Gasteiger partial charge >= 0.3 is 0 Å². The summed E-state index contributed by atoms with van der Waals surface area (Å²) in [5.41, 5.74) is 2.76. The number of methoxy groups -OCH3 is 1. The fourth-order valence-corrected chi connectivity index (χ4v) is 5.95. The predicted octanol–water partition coefficient (Wildman–Crippen LogP) is 3.11. The zero-order chi connectivity index (χ0) is 22.9. The van der Waals surface area contributed by atoms with Gasteiger partial charge in [0, 0.05) is 31.2 Å². The molecule has 0 bridgehead atoms. The summed E-state index contributed by atoms with van der Waals surface area (Å²) in [6.07, 6.45) is 2.89. The first-order valence-corrected chi connectivity index (χ1v) is 12.6. The average Bonchev–Trinajstić information content (AvgIpc) is 3.41. The molecule has 2 aromatic rings. The van der Waals surface area contributed by atoms with Gasteiger partial charge in [-0.2, -0.15) is 0 Å². The molecule has 0 spiro atoms. The Hall–Kier alpha value is -2.42. The van der Waals surface area contributed by atoms with Crippen LogP contribution in [0.15, 0.2) is 47.4 Å². The number of sulfonamides is 1. The molecule has 7 nitrogen and oxygen atoms in total. The van der Waals surface area contributed by atoms with Crippen molar-refractivity contribution in [2.24, 2.45) is 0 Å². The average molecular weight is 458 g/mol. The topological polar surface area (TPSA) is 79.0 Å². The van der Waals surface area contributed by atoms with Crippen molar-refractivity contribution >= 4 is 21.6 Å². The molecule has 1 fully saturated rings. The van der Waals surface area contributed by atoms with E-state index in [0.29, 0.717) is 13.0 Å². The van der Waals surface area contributed by atoms with E-state index in [2.05, 4.69) is 9.62 Å². The molecule has 1 N–H and O–H groups in total. The van der Waals surface area contributed by atoms with Crippen LogP contribution in [0.4, 0.5) is 5.69 Å². The van der Waals surface area contributed by atoms with Crippen LogP contribution in [0.1, 0.15) is 43.9 Å². The molecular formula is C24H31N3O4S. The van der Waals surface area contributed by atoms with Crippen molar-refractivity contribution in [1.82, 2.24) is 9.62 Å². The van der Waals surface area contributed by atoms with Crippen molar-refractivity contribution in [3.8, 4) is 5.75 Å². The lowest BCUT2D eigenvalue weighted by atomic mass is 10.1. The lowest BCUT2D eigenvalue weighted by molar-refractivity contribution is -0.116. The number of hydrogen-bond donors (Lipinski definition) is 1. The summed E-state index contributed by atoms with van der Waals surface area (Å²) >= 11 is 0. The van der Waals surface area contributed by atoms with E-state index in [9.17, 15) is 13.2 Å². The Balaban J connectivity index is 1.54. The summed E-state index contributed by atoms with van der Waals surface area (Å²) in [5.74, 6) is 0.749. The molecule has 2 atom stereocenters. The van der Waals surface area contributed by atoms with Crippen molar-refractivity contribution in [1.29, 1.82) is 0 Å². The van der Waals surface area contributed by atoms with E-state index >= 15 is 0 Å². The van der Waals surface area contributed by atoms with Crippen molar-refractivity contribution in [2.45, 2.75) is 50.1 Å². The maximum atomic E-state index is 13.1. The number of nitrogens with zero attached hydrogens (tertiary/aromatic N) is 2. The van der Waals surface area contributed by atoms with Gasteiger partial charge in [0.1, 0.15) is 5.75 Å². The van der Waals surface area contributed by atoms with Crippen LogP contribution in [0.25, 0.3) is 0 Å². The number of carbonyl (C=O) groups is 1. The number of benzene rings is 2. The fraction of sp³-hybridized carbons (Fsp3) is 0.458. The molecular weight excluding hydrogens is 426 g/mol. The molecule has 0 saturated carbocycles. The molecule has 4 rings (SSSR count). The van der Waals surface area contributed by atoms with Gasteiger partial charge in [0.2, 0.25) is 15.9 Å². The van der Waals surface area contributed by atoms with Crippen LogP contribution < -0.4 is 14.4 Å². The fourth-order valence-electron chi connectivity index (χ4n) is 4.86. The SMILES string of the molecule is COc1ccc(C(CNS(=O)(=O)c2ccc3c(c2)CC(C)N3C(C)=O)N2CCCC2)cc1. The standard InChI is InChI=1S/C24H31N3O4S/c1-17-14-20-15-22(10-11-23(20)27(17)18(2)28)32(29,30)25-16-24(26-12-4-5-13-26)19-6-8-21(31-3)9-7-19/h6-11,15,17,24-25H,4-5,12-14,16H2,1-3H3. The summed E-state index contributed by atoms with van der Waals surface area (Å²) in [6.45, 7) is 5.71. The lowest BCUT2D eigenvalue weighted by Crippen LogP contribution is -2.36. The summed E-state index contributed by atoms with van der Waals surface area (Å²) in [5, 5.41) is 0. The molecule has 1 saturated heterocycles. The number of fused-ring (bicyclic) bond motifs is 1.